The molecule has 1 aliphatic heterocycles. The fourth-order valence-electron chi connectivity index (χ4n) is 5.64. The average molecular weight is 554 g/mol. The van der Waals surface area contributed by atoms with E-state index in [9.17, 15) is 13.6 Å². The molecule has 1 fully saturated rings. The van der Waals surface area contributed by atoms with Crippen molar-refractivity contribution in [2.75, 3.05) is 13.1 Å². The lowest BCUT2D eigenvalue weighted by atomic mass is 9.87. The van der Waals surface area contributed by atoms with E-state index < -0.39 is 0 Å². The van der Waals surface area contributed by atoms with Gasteiger partial charge in [0.15, 0.2) is 0 Å². The third-order valence-electron chi connectivity index (χ3n) is 7.51. The van der Waals surface area contributed by atoms with E-state index in [1.165, 1.54) is 24.3 Å². The molecule has 2 atom stereocenters. The predicted octanol–water partition coefficient (Wildman–Crippen LogP) is 7.01. The molecule has 1 aromatic heterocycles. The molecule has 188 valence electrons. The summed E-state index contributed by atoms with van der Waals surface area (Å²) in [6, 6.07) is 19.7. The monoisotopic (exact) mass is 553 g/mol. The topological polar surface area (TPSA) is 41.0 Å². The Kier molecular flexibility index (Phi) is 7.39. The van der Waals surface area contributed by atoms with Crippen LogP contribution < -0.4 is 5.69 Å². The van der Waals surface area contributed by atoms with Crippen molar-refractivity contribution >= 4 is 27.0 Å². The molecule has 0 saturated carbocycles. The van der Waals surface area contributed by atoms with Crippen LogP contribution in [0.4, 0.5) is 8.78 Å². The molecule has 0 bridgehead atoms. The number of benzene rings is 3. The standard InChI is InChI=1S/C29H30BrF2N3O/c1-19-17-25(35-28-13-8-22(30)18-27(28)33-29(35)36)14-16-34(19)15-2-3-26(20-4-9-23(31)10-5-20)21-6-11-24(32)12-7-21/h4-13,18-19,25-26H,2-3,14-17H2,1H3,(H,33,36). The number of imidazole rings is 1. The highest BCUT2D eigenvalue weighted by Gasteiger charge is 2.28. The van der Waals surface area contributed by atoms with Gasteiger partial charge in [0.1, 0.15) is 11.6 Å². The smallest absolute Gasteiger partial charge is 0.305 e. The Morgan fingerprint density at radius 1 is 1.00 bits per heavy atom. The lowest BCUT2D eigenvalue weighted by Crippen LogP contribution is -2.43. The van der Waals surface area contributed by atoms with Gasteiger partial charge in [-0.2, -0.15) is 0 Å². The molecule has 0 radical (unpaired) electrons. The number of rotatable bonds is 7. The normalized spacial score (nSPS) is 18.8. The third-order valence-corrected chi connectivity index (χ3v) is 8.01. The van der Waals surface area contributed by atoms with E-state index in [0.29, 0.717) is 6.04 Å². The van der Waals surface area contributed by atoms with Gasteiger partial charge in [0, 0.05) is 29.0 Å². The Morgan fingerprint density at radius 3 is 2.25 bits per heavy atom. The first-order valence-corrected chi connectivity index (χ1v) is 13.3. The Labute approximate surface area is 218 Å². The minimum atomic E-state index is -0.254. The minimum absolute atomic E-state index is 0.0461. The van der Waals surface area contributed by atoms with Crippen molar-refractivity contribution in [3.8, 4) is 0 Å². The van der Waals surface area contributed by atoms with Crippen LogP contribution in [0.3, 0.4) is 0 Å². The largest absolute Gasteiger partial charge is 0.326 e. The van der Waals surface area contributed by atoms with Crippen LogP contribution in [0.2, 0.25) is 0 Å². The summed E-state index contributed by atoms with van der Waals surface area (Å²) in [4.78, 5) is 18.2. The second kappa shape index (κ2) is 10.7. The second-order valence-corrected chi connectivity index (χ2v) is 10.7. The van der Waals surface area contributed by atoms with Crippen LogP contribution in [0.15, 0.2) is 76.0 Å². The molecule has 4 nitrogen and oxygen atoms in total. The molecule has 0 spiro atoms. The van der Waals surface area contributed by atoms with Gasteiger partial charge in [0.2, 0.25) is 0 Å². The molecular weight excluding hydrogens is 524 g/mol. The summed E-state index contributed by atoms with van der Waals surface area (Å²) in [6.45, 7) is 4.11. The van der Waals surface area contributed by atoms with E-state index in [0.717, 1.165) is 65.4 Å². The highest BCUT2D eigenvalue weighted by atomic mass is 79.9. The summed E-state index contributed by atoms with van der Waals surface area (Å²) < 4.78 is 29.9. The zero-order chi connectivity index (χ0) is 25.2. The lowest BCUT2D eigenvalue weighted by Gasteiger charge is -2.38. The Balaban J connectivity index is 1.24. The summed E-state index contributed by atoms with van der Waals surface area (Å²) in [5.74, 6) is -0.423. The first-order valence-electron chi connectivity index (χ1n) is 12.5. The van der Waals surface area contributed by atoms with Crippen molar-refractivity contribution in [2.24, 2.45) is 0 Å². The maximum absolute atomic E-state index is 13.5. The number of halogens is 3. The minimum Gasteiger partial charge on any atom is -0.305 e. The Bertz CT molecular complexity index is 1340. The van der Waals surface area contributed by atoms with Crippen molar-refractivity contribution < 1.29 is 8.78 Å². The number of nitrogens with zero attached hydrogens (tertiary/aromatic N) is 2. The van der Waals surface area contributed by atoms with Gasteiger partial charge in [-0.3, -0.25) is 4.57 Å². The number of nitrogens with one attached hydrogen (secondary N) is 1. The number of aromatic nitrogens is 2. The van der Waals surface area contributed by atoms with Crippen molar-refractivity contribution in [3.05, 3.63) is 104 Å². The van der Waals surface area contributed by atoms with E-state index in [1.54, 1.807) is 0 Å². The van der Waals surface area contributed by atoms with Gasteiger partial charge in [0.05, 0.1) is 11.0 Å². The molecule has 0 aliphatic carbocycles. The van der Waals surface area contributed by atoms with Crippen LogP contribution in [-0.4, -0.2) is 33.6 Å². The Morgan fingerprint density at radius 2 is 1.64 bits per heavy atom. The fraction of sp³-hybridized carbons (Fsp3) is 0.345. The molecule has 1 N–H and O–H groups in total. The van der Waals surface area contributed by atoms with Crippen molar-refractivity contribution in [1.82, 2.24) is 14.5 Å². The number of piperidine rings is 1. The predicted molar refractivity (Wildman–Crippen MR) is 143 cm³/mol. The van der Waals surface area contributed by atoms with E-state index >= 15 is 0 Å². The van der Waals surface area contributed by atoms with Crippen molar-refractivity contribution in [3.63, 3.8) is 0 Å². The number of H-pyrrole nitrogens is 1. The molecular formula is C29H30BrF2N3O. The highest BCUT2D eigenvalue weighted by molar-refractivity contribution is 9.10. The molecule has 2 unspecified atom stereocenters. The van der Waals surface area contributed by atoms with Gasteiger partial charge in [-0.05, 0) is 92.7 Å². The number of fused-ring (bicyclic) bond motifs is 1. The van der Waals surface area contributed by atoms with Crippen LogP contribution in [-0.2, 0) is 0 Å². The summed E-state index contributed by atoms with van der Waals surface area (Å²) in [6.07, 6.45) is 3.70. The van der Waals surface area contributed by atoms with Crippen molar-refractivity contribution in [1.29, 1.82) is 0 Å². The van der Waals surface area contributed by atoms with E-state index in [2.05, 4.69) is 32.7 Å². The van der Waals surface area contributed by atoms with E-state index in [-0.39, 0.29) is 29.3 Å². The highest BCUT2D eigenvalue weighted by Crippen LogP contribution is 2.32. The van der Waals surface area contributed by atoms with Crippen LogP contribution in [0, 0.1) is 11.6 Å². The van der Waals surface area contributed by atoms with Gasteiger partial charge in [-0.1, -0.05) is 40.2 Å². The third kappa shape index (κ3) is 5.32. The van der Waals surface area contributed by atoms with Crippen LogP contribution in [0.1, 0.15) is 55.7 Å². The lowest BCUT2D eigenvalue weighted by molar-refractivity contribution is 0.124. The summed E-state index contributed by atoms with van der Waals surface area (Å²) in [5.41, 5.74) is 3.85. The maximum atomic E-state index is 13.5. The number of likely N-dealkylation sites (tertiary alicyclic amines) is 1. The molecule has 5 rings (SSSR count). The SMILES string of the molecule is CC1CC(n2c(=O)[nH]c3cc(Br)ccc32)CCN1CCCC(c1ccc(F)cc1)c1ccc(F)cc1. The summed E-state index contributed by atoms with van der Waals surface area (Å²) >= 11 is 3.48. The van der Waals surface area contributed by atoms with Gasteiger partial charge in [-0.25, -0.2) is 13.6 Å². The summed E-state index contributed by atoms with van der Waals surface area (Å²) in [5, 5.41) is 0. The van der Waals surface area contributed by atoms with Crippen LogP contribution in [0.25, 0.3) is 11.0 Å². The maximum Gasteiger partial charge on any atom is 0.326 e. The molecule has 7 heteroatoms. The second-order valence-electron chi connectivity index (χ2n) is 9.82. The molecule has 36 heavy (non-hydrogen) atoms. The summed E-state index contributed by atoms with van der Waals surface area (Å²) in [7, 11) is 0. The molecule has 3 aromatic carbocycles. The van der Waals surface area contributed by atoms with Gasteiger partial charge in [0.25, 0.3) is 0 Å². The molecule has 0 amide bonds. The fourth-order valence-corrected chi connectivity index (χ4v) is 6.00. The number of aromatic amines is 1. The first-order chi connectivity index (χ1) is 17.4. The zero-order valence-electron chi connectivity index (χ0n) is 20.3. The van der Waals surface area contributed by atoms with Crippen LogP contribution in [0.5, 0.6) is 0 Å². The van der Waals surface area contributed by atoms with Gasteiger partial charge >= 0.3 is 5.69 Å². The molecule has 1 saturated heterocycles. The first kappa shape index (κ1) is 24.9. The van der Waals surface area contributed by atoms with Crippen molar-refractivity contribution in [2.45, 2.75) is 50.6 Å². The zero-order valence-corrected chi connectivity index (χ0v) is 21.8. The molecule has 2 heterocycles. The van der Waals surface area contributed by atoms with Gasteiger partial charge in [-0.15, -0.1) is 0 Å². The number of hydrogen-bond donors (Lipinski definition) is 1. The molecule has 1 aliphatic rings. The quantitative estimate of drug-likeness (QED) is 0.267. The Hall–Kier alpha value is -2.77. The number of hydrogen-bond acceptors (Lipinski definition) is 2. The van der Waals surface area contributed by atoms with E-state index in [1.807, 2.05) is 47.0 Å². The molecule has 4 aromatic rings. The average Bonchev–Trinajstić information content (AvgIpc) is 3.19. The van der Waals surface area contributed by atoms with E-state index in [4.69, 9.17) is 0 Å². The van der Waals surface area contributed by atoms with Crippen LogP contribution >= 0.6 is 15.9 Å². The van der Waals surface area contributed by atoms with Gasteiger partial charge < -0.3 is 9.88 Å².